The highest BCUT2D eigenvalue weighted by Gasteiger charge is 2.25. The first kappa shape index (κ1) is 9.01. The van der Waals surface area contributed by atoms with E-state index in [2.05, 4.69) is 24.5 Å². The molecule has 0 saturated carbocycles. The van der Waals surface area contributed by atoms with Gasteiger partial charge in [0.25, 0.3) is 0 Å². The van der Waals surface area contributed by atoms with Crippen LogP contribution in [-0.2, 0) is 0 Å². The zero-order valence-corrected chi connectivity index (χ0v) is 7.85. The molecule has 1 aliphatic heterocycles. The fourth-order valence-electron chi connectivity index (χ4n) is 1.73. The summed E-state index contributed by atoms with van der Waals surface area (Å²) in [5.41, 5.74) is 0. The summed E-state index contributed by atoms with van der Waals surface area (Å²) < 4.78 is 0. The zero-order valence-electron chi connectivity index (χ0n) is 7.85. The van der Waals surface area contributed by atoms with Crippen molar-refractivity contribution in [1.29, 1.82) is 0 Å². The molecule has 1 rings (SSSR count). The average molecular weight is 156 g/mol. The molecule has 0 aromatic heterocycles. The third-order valence-corrected chi connectivity index (χ3v) is 2.86. The second-order valence-electron chi connectivity index (χ2n) is 3.58. The average Bonchev–Trinajstić information content (AvgIpc) is 2.50. The van der Waals surface area contributed by atoms with Crippen molar-refractivity contribution in [2.75, 3.05) is 7.05 Å². The summed E-state index contributed by atoms with van der Waals surface area (Å²) in [6.07, 6.45) is 4.47. The summed E-state index contributed by atoms with van der Waals surface area (Å²) in [6.45, 7) is 4.59. The van der Waals surface area contributed by atoms with Crippen molar-refractivity contribution in [3.8, 4) is 0 Å². The normalized spacial score (nSPS) is 34.1. The molecule has 1 fully saturated rings. The lowest BCUT2D eigenvalue weighted by molar-refractivity contribution is 0.382. The SMILES string of the molecule is CCC(C)C1CCC(NC)N1. The maximum atomic E-state index is 3.58. The Morgan fingerprint density at radius 3 is 2.73 bits per heavy atom. The van der Waals surface area contributed by atoms with E-state index < -0.39 is 0 Å². The maximum absolute atomic E-state index is 3.58. The third-order valence-electron chi connectivity index (χ3n) is 2.86. The molecule has 0 radical (unpaired) electrons. The van der Waals surface area contributed by atoms with Crippen molar-refractivity contribution in [3.63, 3.8) is 0 Å². The number of hydrogen-bond acceptors (Lipinski definition) is 2. The number of rotatable bonds is 3. The van der Waals surface area contributed by atoms with E-state index in [1.54, 1.807) is 0 Å². The molecule has 2 heteroatoms. The molecule has 0 bridgehead atoms. The Balaban J connectivity index is 2.29. The van der Waals surface area contributed by atoms with Gasteiger partial charge in [-0.1, -0.05) is 20.3 Å². The van der Waals surface area contributed by atoms with Crippen LogP contribution in [0.4, 0.5) is 0 Å². The standard InChI is InChI=1S/C9H20N2/c1-4-7(2)8-5-6-9(10-3)11-8/h7-11H,4-6H2,1-3H3. The van der Waals surface area contributed by atoms with Crippen LogP contribution in [0.5, 0.6) is 0 Å². The van der Waals surface area contributed by atoms with E-state index >= 15 is 0 Å². The molecule has 0 aromatic rings. The van der Waals surface area contributed by atoms with Crippen molar-refractivity contribution in [1.82, 2.24) is 10.6 Å². The van der Waals surface area contributed by atoms with E-state index in [0.717, 1.165) is 12.0 Å². The van der Waals surface area contributed by atoms with Gasteiger partial charge in [0.05, 0.1) is 6.17 Å². The van der Waals surface area contributed by atoms with Crippen LogP contribution in [0, 0.1) is 5.92 Å². The van der Waals surface area contributed by atoms with E-state index in [1.807, 2.05) is 7.05 Å². The second-order valence-corrected chi connectivity index (χ2v) is 3.58. The highest BCUT2D eigenvalue weighted by molar-refractivity contribution is 4.83. The molecule has 2 N–H and O–H groups in total. The van der Waals surface area contributed by atoms with Crippen LogP contribution < -0.4 is 10.6 Å². The predicted octanol–water partition coefficient (Wildman–Crippen LogP) is 1.33. The summed E-state index contributed by atoms with van der Waals surface area (Å²) in [6, 6.07) is 0.748. The van der Waals surface area contributed by atoms with Gasteiger partial charge in [0, 0.05) is 6.04 Å². The molecular weight excluding hydrogens is 136 g/mol. The van der Waals surface area contributed by atoms with Gasteiger partial charge >= 0.3 is 0 Å². The maximum Gasteiger partial charge on any atom is 0.0572 e. The summed E-state index contributed by atoms with van der Waals surface area (Å²) in [5, 5.41) is 6.84. The van der Waals surface area contributed by atoms with Crippen molar-refractivity contribution in [3.05, 3.63) is 0 Å². The Hall–Kier alpha value is -0.0800. The first-order valence-corrected chi connectivity index (χ1v) is 4.71. The Bertz CT molecular complexity index is 114. The van der Waals surface area contributed by atoms with Crippen LogP contribution in [0.2, 0.25) is 0 Å². The van der Waals surface area contributed by atoms with Crippen LogP contribution in [0.1, 0.15) is 33.1 Å². The molecule has 0 aromatic carbocycles. The molecule has 0 spiro atoms. The first-order valence-electron chi connectivity index (χ1n) is 4.71. The van der Waals surface area contributed by atoms with Crippen LogP contribution in [0.3, 0.4) is 0 Å². The molecule has 11 heavy (non-hydrogen) atoms. The minimum atomic E-state index is 0.564. The van der Waals surface area contributed by atoms with Crippen molar-refractivity contribution >= 4 is 0 Å². The Morgan fingerprint density at radius 2 is 2.27 bits per heavy atom. The fourth-order valence-corrected chi connectivity index (χ4v) is 1.73. The lowest BCUT2D eigenvalue weighted by Crippen LogP contribution is -2.40. The first-order chi connectivity index (χ1) is 5.27. The summed E-state index contributed by atoms with van der Waals surface area (Å²) in [7, 11) is 2.02. The van der Waals surface area contributed by atoms with E-state index in [0.29, 0.717) is 6.17 Å². The van der Waals surface area contributed by atoms with Crippen LogP contribution in [0.15, 0.2) is 0 Å². The van der Waals surface area contributed by atoms with E-state index in [4.69, 9.17) is 0 Å². The van der Waals surface area contributed by atoms with E-state index in [1.165, 1.54) is 19.3 Å². The number of hydrogen-bond donors (Lipinski definition) is 2. The highest BCUT2D eigenvalue weighted by atomic mass is 15.1. The summed E-state index contributed by atoms with van der Waals surface area (Å²) in [4.78, 5) is 0. The van der Waals surface area contributed by atoms with Gasteiger partial charge in [0.2, 0.25) is 0 Å². The molecule has 3 unspecified atom stereocenters. The Morgan fingerprint density at radius 1 is 1.55 bits per heavy atom. The zero-order chi connectivity index (χ0) is 8.27. The minimum Gasteiger partial charge on any atom is -0.305 e. The molecule has 1 heterocycles. The third kappa shape index (κ3) is 2.17. The van der Waals surface area contributed by atoms with Crippen molar-refractivity contribution in [2.24, 2.45) is 5.92 Å². The van der Waals surface area contributed by atoms with Crippen LogP contribution >= 0.6 is 0 Å². The molecule has 1 saturated heterocycles. The van der Waals surface area contributed by atoms with Crippen LogP contribution in [-0.4, -0.2) is 19.3 Å². The largest absolute Gasteiger partial charge is 0.305 e. The van der Waals surface area contributed by atoms with Gasteiger partial charge in [-0.25, -0.2) is 0 Å². The predicted molar refractivity (Wildman–Crippen MR) is 48.5 cm³/mol. The molecule has 0 aliphatic carbocycles. The topological polar surface area (TPSA) is 24.1 Å². The van der Waals surface area contributed by atoms with Crippen molar-refractivity contribution in [2.45, 2.75) is 45.3 Å². The Kier molecular flexibility index (Phi) is 3.34. The van der Waals surface area contributed by atoms with Crippen LogP contribution in [0.25, 0.3) is 0 Å². The van der Waals surface area contributed by atoms with Gasteiger partial charge in [0.1, 0.15) is 0 Å². The van der Waals surface area contributed by atoms with Gasteiger partial charge in [-0.2, -0.15) is 0 Å². The molecule has 2 nitrogen and oxygen atoms in total. The van der Waals surface area contributed by atoms with Gasteiger partial charge in [-0.15, -0.1) is 0 Å². The molecule has 66 valence electrons. The highest BCUT2D eigenvalue weighted by Crippen LogP contribution is 2.19. The van der Waals surface area contributed by atoms with Gasteiger partial charge in [0.15, 0.2) is 0 Å². The summed E-state index contributed by atoms with van der Waals surface area (Å²) >= 11 is 0. The Labute approximate surface area is 69.8 Å². The molecule has 3 atom stereocenters. The molecular formula is C9H20N2. The van der Waals surface area contributed by atoms with E-state index in [-0.39, 0.29) is 0 Å². The minimum absolute atomic E-state index is 0.564. The number of nitrogens with one attached hydrogen (secondary N) is 2. The lowest BCUT2D eigenvalue weighted by atomic mass is 9.98. The lowest BCUT2D eigenvalue weighted by Gasteiger charge is -2.19. The van der Waals surface area contributed by atoms with E-state index in [9.17, 15) is 0 Å². The summed E-state index contributed by atoms with van der Waals surface area (Å²) in [5.74, 6) is 0.827. The smallest absolute Gasteiger partial charge is 0.0572 e. The van der Waals surface area contributed by atoms with Gasteiger partial charge in [-0.3, -0.25) is 5.32 Å². The molecule has 0 amide bonds. The van der Waals surface area contributed by atoms with Gasteiger partial charge < -0.3 is 5.32 Å². The monoisotopic (exact) mass is 156 g/mol. The fraction of sp³-hybridized carbons (Fsp3) is 1.00. The second kappa shape index (κ2) is 4.07. The van der Waals surface area contributed by atoms with Gasteiger partial charge in [-0.05, 0) is 25.8 Å². The quantitative estimate of drug-likeness (QED) is 0.644. The molecule has 1 aliphatic rings. The van der Waals surface area contributed by atoms with Crippen molar-refractivity contribution < 1.29 is 0 Å².